The van der Waals surface area contributed by atoms with Crippen LogP contribution in [-0.2, 0) is 9.59 Å². The SMILES string of the molecule is CCN(CC(=O)Nc1c(C)cccc1C)C(=O)C1CC12CCNCC2. The lowest BCUT2D eigenvalue weighted by molar-refractivity contribution is -0.136. The van der Waals surface area contributed by atoms with Gasteiger partial charge in [-0.1, -0.05) is 18.2 Å². The van der Waals surface area contributed by atoms with Crippen molar-refractivity contribution in [2.24, 2.45) is 11.3 Å². The van der Waals surface area contributed by atoms with Crippen molar-refractivity contribution < 1.29 is 9.59 Å². The molecule has 2 amide bonds. The predicted molar refractivity (Wildman–Crippen MR) is 99.4 cm³/mol. The summed E-state index contributed by atoms with van der Waals surface area (Å²) in [5, 5.41) is 6.35. The van der Waals surface area contributed by atoms with Gasteiger partial charge >= 0.3 is 0 Å². The molecule has 5 heteroatoms. The quantitative estimate of drug-likeness (QED) is 0.863. The van der Waals surface area contributed by atoms with Gasteiger partial charge in [0.15, 0.2) is 0 Å². The molecule has 1 saturated heterocycles. The first-order valence-corrected chi connectivity index (χ1v) is 9.32. The average Bonchev–Trinajstić information content (AvgIpc) is 3.29. The first-order valence-electron chi connectivity index (χ1n) is 9.32. The van der Waals surface area contributed by atoms with Crippen molar-refractivity contribution in [3.63, 3.8) is 0 Å². The number of likely N-dealkylation sites (N-methyl/N-ethyl adjacent to an activating group) is 1. The second-order valence-corrected chi connectivity index (χ2v) is 7.54. The van der Waals surface area contributed by atoms with E-state index in [1.807, 2.05) is 39.0 Å². The van der Waals surface area contributed by atoms with Gasteiger partial charge in [-0.3, -0.25) is 9.59 Å². The number of piperidine rings is 1. The van der Waals surface area contributed by atoms with Crippen molar-refractivity contribution >= 4 is 17.5 Å². The molecule has 1 aromatic rings. The molecule has 5 nitrogen and oxygen atoms in total. The summed E-state index contributed by atoms with van der Waals surface area (Å²) in [6.45, 7) is 8.62. The van der Waals surface area contributed by atoms with E-state index in [1.165, 1.54) is 0 Å². The highest BCUT2D eigenvalue weighted by molar-refractivity contribution is 5.96. The zero-order chi connectivity index (χ0) is 18.0. The highest BCUT2D eigenvalue weighted by Crippen LogP contribution is 2.59. The lowest BCUT2D eigenvalue weighted by Crippen LogP contribution is -2.40. The molecule has 1 spiro atoms. The molecule has 0 aromatic heterocycles. The van der Waals surface area contributed by atoms with Gasteiger partial charge in [0.05, 0.1) is 6.54 Å². The van der Waals surface area contributed by atoms with Gasteiger partial charge in [-0.25, -0.2) is 0 Å². The summed E-state index contributed by atoms with van der Waals surface area (Å²) in [6.07, 6.45) is 3.15. The van der Waals surface area contributed by atoms with E-state index in [2.05, 4.69) is 10.6 Å². The maximum atomic E-state index is 12.9. The molecule has 1 saturated carbocycles. The monoisotopic (exact) mass is 343 g/mol. The van der Waals surface area contributed by atoms with Crippen molar-refractivity contribution in [3.05, 3.63) is 29.3 Å². The fraction of sp³-hybridized carbons (Fsp3) is 0.600. The molecule has 2 N–H and O–H groups in total. The second-order valence-electron chi connectivity index (χ2n) is 7.54. The normalized spacial score (nSPS) is 21.0. The van der Waals surface area contributed by atoms with E-state index < -0.39 is 0 Å². The van der Waals surface area contributed by atoms with Crippen LogP contribution < -0.4 is 10.6 Å². The Bertz CT molecular complexity index is 645. The number of rotatable bonds is 5. The number of benzene rings is 1. The van der Waals surface area contributed by atoms with Crippen LogP contribution >= 0.6 is 0 Å². The molecule has 2 aliphatic rings. The van der Waals surface area contributed by atoms with Crippen LogP contribution in [0.25, 0.3) is 0 Å². The topological polar surface area (TPSA) is 61.4 Å². The maximum Gasteiger partial charge on any atom is 0.244 e. The molecule has 1 heterocycles. The summed E-state index contributed by atoms with van der Waals surface area (Å²) in [6, 6.07) is 5.95. The highest BCUT2D eigenvalue weighted by atomic mass is 16.2. The van der Waals surface area contributed by atoms with Crippen LogP contribution in [0.3, 0.4) is 0 Å². The Morgan fingerprint density at radius 3 is 2.48 bits per heavy atom. The van der Waals surface area contributed by atoms with Gasteiger partial charge in [-0.15, -0.1) is 0 Å². The second kappa shape index (κ2) is 7.16. The van der Waals surface area contributed by atoms with E-state index in [9.17, 15) is 9.59 Å². The summed E-state index contributed by atoms with van der Waals surface area (Å²) in [7, 11) is 0. The Hall–Kier alpha value is -1.88. The number of aryl methyl sites for hydroxylation is 2. The van der Waals surface area contributed by atoms with E-state index >= 15 is 0 Å². The van der Waals surface area contributed by atoms with Crippen LogP contribution in [-0.4, -0.2) is 42.9 Å². The van der Waals surface area contributed by atoms with Gasteiger partial charge in [0.25, 0.3) is 0 Å². The number of hydrogen-bond donors (Lipinski definition) is 2. The smallest absolute Gasteiger partial charge is 0.244 e. The zero-order valence-corrected chi connectivity index (χ0v) is 15.5. The van der Waals surface area contributed by atoms with Gasteiger partial charge in [-0.2, -0.15) is 0 Å². The molecule has 0 bridgehead atoms. The van der Waals surface area contributed by atoms with Crippen molar-refractivity contribution in [1.82, 2.24) is 10.2 Å². The Balaban J connectivity index is 1.60. The predicted octanol–water partition coefficient (Wildman–Crippen LogP) is 2.48. The summed E-state index contributed by atoms with van der Waals surface area (Å²) >= 11 is 0. The third-order valence-electron chi connectivity index (χ3n) is 5.86. The molecule has 25 heavy (non-hydrogen) atoms. The third-order valence-corrected chi connectivity index (χ3v) is 5.86. The first kappa shape index (κ1) is 17.9. The molecule has 1 aliphatic heterocycles. The van der Waals surface area contributed by atoms with E-state index in [1.54, 1.807) is 4.90 Å². The van der Waals surface area contributed by atoms with Crippen LogP contribution in [0.4, 0.5) is 5.69 Å². The molecule has 136 valence electrons. The number of carbonyl (C=O) groups is 2. The van der Waals surface area contributed by atoms with E-state index in [-0.39, 0.29) is 29.7 Å². The molecule has 2 fully saturated rings. The summed E-state index contributed by atoms with van der Waals surface area (Å²) < 4.78 is 0. The largest absolute Gasteiger partial charge is 0.333 e. The molecule has 1 atom stereocenters. The maximum absolute atomic E-state index is 12.9. The minimum atomic E-state index is -0.118. The van der Waals surface area contributed by atoms with Gasteiger partial charge in [0.2, 0.25) is 11.8 Å². The van der Waals surface area contributed by atoms with Gasteiger partial charge < -0.3 is 15.5 Å². The number of nitrogens with one attached hydrogen (secondary N) is 2. The van der Waals surface area contributed by atoms with E-state index in [0.717, 1.165) is 49.2 Å². The minimum absolute atomic E-state index is 0.113. The van der Waals surface area contributed by atoms with E-state index in [0.29, 0.717) is 6.54 Å². The Morgan fingerprint density at radius 2 is 1.88 bits per heavy atom. The van der Waals surface area contributed by atoms with Gasteiger partial charge in [0.1, 0.15) is 0 Å². The van der Waals surface area contributed by atoms with Crippen molar-refractivity contribution in [3.8, 4) is 0 Å². The Labute approximate surface area is 150 Å². The fourth-order valence-corrected chi connectivity index (χ4v) is 4.10. The van der Waals surface area contributed by atoms with Crippen molar-refractivity contribution in [2.45, 2.75) is 40.0 Å². The fourth-order valence-electron chi connectivity index (χ4n) is 4.10. The zero-order valence-electron chi connectivity index (χ0n) is 15.5. The van der Waals surface area contributed by atoms with Crippen LogP contribution in [0.15, 0.2) is 18.2 Å². The Kier molecular flexibility index (Phi) is 5.13. The van der Waals surface area contributed by atoms with Crippen molar-refractivity contribution in [2.75, 3.05) is 31.5 Å². The number of hydrogen-bond acceptors (Lipinski definition) is 3. The standard InChI is InChI=1S/C20H29N3O2/c1-4-23(19(25)16-12-20(16)8-10-21-11-9-20)13-17(24)22-18-14(2)6-5-7-15(18)3/h5-7,16,21H,4,8-13H2,1-3H3,(H,22,24). The van der Waals surface area contributed by atoms with Gasteiger partial charge in [-0.05, 0) is 69.7 Å². The highest BCUT2D eigenvalue weighted by Gasteiger charge is 2.58. The lowest BCUT2D eigenvalue weighted by atomic mass is 9.91. The minimum Gasteiger partial charge on any atom is -0.333 e. The number of carbonyl (C=O) groups excluding carboxylic acids is 2. The summed E-state index contributed by atoms with van der Waals surface area (Å²) in [4.78, 5) is 27.1. The molecule has 1 aromatic carbocycles. The van der Waals surface area contributed by atoms with Crippen LogP contribution in [0, 0.1) is 25.2 Å². The third kappa shape index (κ3) is 3.71. The molecule has 3 rings (SSSR count). The van der Waals surface area contributed by atoms with Crippen molar-refractivity contribution in [1.29, 1.82) is 0 Å². The lowest BCUT2D eigenvalue weighted by Gasteiger charge is -2.26. The van der Waals surface area contributed by atoms with E-state index in [4.69, 9.17) is 0 Å². The molecule has 1 aliphatic carbocycles. The number of amides is 2. The summed E-state index contributed by atoms with van der Waals surface area (Å²) in [5.41, 5.74) is 3.15. The molecule has 0 radical (unpaired) electrons. The van der Waals surface area contributed by atoms with Crippen LogP contribution in [0.2, 0.25) is 0 Å². The molecule has 1 unspecified atom stereocenters. The van der Waals surface area contributed by atoms with Crippen LogP contribution in [0.1, 0.15) is 37.3 Å². The average molecular weight is 343 g/mol. The number of nitrogens with zero attached hydrogens (tertiary/aromatic N) is 1. The molecular weight excluding hydrogens is 314 g/mol. The first-order chi connectivity index (χ1) is 12.0. The summed E-state index contributed by atoms with van der Waals surface area (Å²) in [5.74, 6) is 0.149. The number of anilines is 1. The Morgan fingerprint density at radius 1 is 1.24 bits per heavy atom. The van der Waals surface area contributed by atoms with Gasteiger partial charge in [0, 0.05) is 18.2 Å². The van der Waals surface area contributed by atoms with Crippen LogP contribution in [0.5, 0.6) is 0 Å². The number of para-hydroxylation sites is 1. The molecular formula is C20H29N3O2.